The highest BCUT2D eigenvalue weighted by atomic mass is 15.4. The smallest absolute Gasteiger partial charge is 0.176 e. The van der Waals surface area contributed by atoms with E-state index in [0.29, 0.717) is 0 Å². The van der Waals surface area contributed by atoms with Crippen LogP contribution in [0.1, 0.15) is 38.1 Å². The highest BCUT2D eigenvalue weighted by molar-refractivity contribution is 5.36. The van der Waals surface area contributed by atoms with Crippen LogP contribution in [0.15, 0.2) is 12.3 Å². The van der Waals surface area contributed by atoms with Gasteiger partial charge >= 0.3 is 0 Å². The Morgan fingerprint density at radius 2 is 2.00 bits per heavy atom. The summed E-state index contributed by atoms with van der Waals surface area (Å²) in [5, 5.41) is 7.94. The molecule has 4 nitrogen and oxygen atoms in total. The van der Waals surface area contributed by atoms with Gasteiger partial charge in [-0.15, -0.1) is 5.10 Å². The monoisotopic (exact) mass is 204 g/mol. The van der Waals surface area contributed by atoms with E-state index in [4.69, 9.17) is 0 Å². The van der Waals surface area contributed by atoms with Gasteiger partial charge in [0.1, 0.15) is 0 Å². The Morgan fingerprint density at radius 1 is 1.20 bits per heavy atom. The number of hydrogen-bond acceptors (Lipinski definition) is 3. The third-order valence-corrected chi connectivity index (χ3v) is 2.41. The largest absolute Gasteiger partial charge is 0.232 e. The topological polar surface area (TPSA) is 43.1 Å². The lowest BCUT2D eigenvalue weighted by Gasteiger charge is -2.05. The summed E-state index contributed by atoms with van der Waals surface area (Å²) in [6.45, 7) is 4.34. The summed E-state index contributed by atoms with van der Waals surface area (Å²) in [4.78, 5) is 4.51. The lowest BCUT2D eigenvalue weighted by atomic mass is 10.2. The van der Waals surface area contributed by atoms with E-state index >= 15 is 0 Å². The lowest BCUT2D eigenvalue weighted by Crippen LogP contribution is -2.03. The molecule has 0 radical (unpaired) electrons. The first-order valence-electron chi connectivity index (χ1n) is 5.54. The molecule has 0 atom stereocenters. The summed E-state index contributed by atoms with van der Waals surface area (Å²) in [7, 11) is 0. The molecule has 2 aromatic rings. The van der Waals surface area contributed by atoms with Crippen LogP contribution in [0.25, 0.3) is 5.65 Å². The van der Waals surface area contributed by atoms with Crippen LogP contribution in [0.2, 0.25) is 0 Å². The van der Waals surface area contributed by atoms with E-state index < -0.39 is 0 Å². The van der Waals surface area contributed by atoms with E-state index in [-0.39, 0.29) is 0 Å². The molecule has 0 aliphatic heterocycles. The molecule has 0 saturated carbocycles. The van der Waals surface area contributed by atoms with Crippen molar-refractivity contribution in [2.24, 2.45) is 0 Å². The number of aryl methyl sites for hydroxylation is 2. The van der Waals surface area contributed by atoms with Gasteiger partial charge < -0.3 is 0 Å². The van der Waals surface area contributed by atoms with Crippen LogP contribution in [0.5, 0.6) is 0 Å². The Kier molecular flexibility index (Phi) is 2.94. The van der Waals surface area contributed by atoms with Crippen molar-refractivity contribution in [3.8, 4) is 0 Å². The van der Waals surface area contributed by atoms with Crippen LogP contribution >= 0.6 is 0 Å². The summed E-state index contributed by atoms with van der Waals surface area (Å²) >= 11 is 0. The van der Waals surface area contributed by atoms with Crippen molar-refractivity contribution in [2.75, 3.05) is 0 Å². The zero-order valence-electron chi connectivity index (χ0n) is 9.27. The molecule has 0 aliphatic rings. The van der Waals surface area contributed by atoms with Gasteiger partial charge in [-0.1, -0.05) is 31.9 Å². The number of nitrogens with zero attached hydrogens (tertiary/aromatic N) is 4. The van der Waals surface area contributed by atoms with Crippen molar-refractivity contribution in [1.29, 1.82) is 0 Å². The highest BCUT2D eigenvalue weighted by Crippen LogP contribution is 2.09. The van der Waals surface area contributed by atoms with Crippen LogP contribution in [-0.4, -0.2) is 19.8 Å². The first-order chi connectivity index (χ1) is 7.35. The minimum atomic E-state index is 0.865. The fraction of sp³-hybridized carbons (Fsp3) is 0.545. The first kappa shape index (κ1) is 10.1. The highest BCUT2D eigenvalue weighted by Gasteiger charge is 2.05. The number of aromatic nitrogens is 4. The van der Waals surface area contributed by atoms with E-state index in [0.717, 1.165) is 37.0 Å². The Labute approximate surface area is 89.3 Å². The average Bonchev–Trinajstić information content (AvgIpc) is 2.67. The third-order valence-electron chi connectivity index (χ3n) is 2.41. The Morgan fingerprint density at radius 3 is 2.73 bits per heavy atom. The standard InChI is InChI=1S/C11H16N4/c1-3-5-9-7-10(6-4-2)15-11(13-9)8-12-14-15/h7-8H,3-6H2,1-2H3. The van der Waals surface area contributed by atoms with Gasteiger partial charge in [0.25, 0.3) is 0 Å². The first-order valence-corrected chi connectivity index (χ1v) is 5.54. The molecule has 15 heavy (non-hydrogen) atoms. The maximum atomic E-state index is 4.51. The van der Waals surface area contributed by atoms with E-state index in [9.17, 15) is 0 Å². The molecule has 0 aromatic carbocycles. The molecule has 0 amide bonds. The minimum absolute atomic E-state index is 0.865. The van der Waals surface area contributed by atoms with Crippen molar-refractivity contribution in [1.82, 2.24) is 19.8 Å². The zero-order chi connectivity index (χ0) is 10.7. The van der Waals surface area contributed by atoms with E-state index in [1.807, 2.05) is 4.52 Å². The van der Waals surface area contributed by atoms with Crippen molar-refractivity contribution >= 4 is 5.65 Å². The maximum Gasteiger partial charge on any atom is 0.176 e. The predicted octanol–water partition coefficient (Wildman–Crippen LogP) is 2.03. The zero-order valence-corrected chi connectivity index (χ0v) is 9.27. The second-order valence-corrected chi connectivity index (χ2v) is 3.74. The Bertz CT molecular complexity index is 447. The molecule has 80 valence electrons. The molecule has 0 N–H and O–H groups in total. The number of hydrogen-bond donors (Lipinski definition) is 0. The summed E-state index contributed by atoms with van der Waals surface area (Å²) in [5.41, 5.74) is 3.23. The molecule has 0 spiro atoms. The Balaban J connectivity index is 2.48. The fourth-order valence-corrected chi connectivity index (χ4v) is 1.76. The molecule has 0 bridgehead atoms. The van der Waals surface area contributed by atoms with E-state index in [1.54, 1.807) is 6.20 Å². The molecule has 2 heterocycles. The lowest BCUT2D eigenvalue weighted by molar-refractivity contribution is 0.748. The number of fused-ring (bicyclic) bond motifs is 1. The van der Waals surface area contributed by atoms with Gasteiger partial charge in [0.05, 0.1) is 6.20 Å². The summed E-state index contributed by atoms with van der Waals surface area (Å²) in [6, 6.07) is 2.15. The molecule has 2 aromatic heterocycles. The van der Waals surface area contributed by atoms with E-state index in [2.05, 4.69) is 35.2 Å². The average molecular weight is 204 g/mol. The molecule has 0 aliphatic carbocycles. The van der Waals surface area contributed by atoms with Gasteiger partial charge in [0.2, 0.25) is 0 Å². The summed E-state index contributed by atoms with van der Waals surface area (Å²) in [6.07, 6.45) is 6.01. The van der Waals surface area contributed by atoms with Gasteiger partial charge in [-0.2, -0.15) is 4.52 Å². The molecule has 0 unspecified atom stereocenters. The summed E-state index contributed by atoms with van der Waals surface area (Å²) < 4.78 is 1.84. The van der Waals surface area contributed by atoms with E-state index in [1.165, 1.54) is 5.69 Å². The van der Waals surface area contributed by atoms with Crippen LogP contribution in [-0.2, 0) is 12.8 Å². The molecular formula is C11H16N4. The van der Waals surface area contributed by atoms with Gasteiger partial charge in [-0.05, 0) is 18.9 Å². The normalized spacial score (nSPS) is 11.1. The Hall–Kier alpha value is -1.45. The fourth-order valence-electron chi connectivity index (χ4n) is 1.76. The van der Waals surface area contributed by atoms with Crippen molar-refractivity contribution in [3.63, 3.8) is 0 Å². The maximum absolute atomic E-state index is 4.51. The molecule has 0 fully saturated rings. The second-order valence-electron chi connectivity index (χ2n) is 3.74. The molecule has 4 heteroatoms. The molecule has 0 saturated heterocycles. The number of rotatable bonds is 4. The van der Waals surface area contributed by atoms with Crippen LogP contribution < -0.4 is 0 Å². The quantitative estimate of drug-likeness (QED) is 0.765. The van der Waals surface area contributed by atoms with Gasteiger partial charge in [-0.25, -0.2) is 4.98 Å². The van der Waals surface area contributed by atoms with Crippen molar-refractivity contribution in [3.05, 3.63) is 23.7 Å². The van der Waals surface area contributed by atoms with Crippen molar-refractivity contribution < 1.29 is 0 Å². The van der Waals surface area contributed by atoms with Crippen LogP contribution in [0.3, 0.4) is 0 Å². The van der Waals surface area contributed by atoms with Gasteiger partial charge in [0, 0.05) is 11.4 Å². The van der Waals surface area contributed by atoms with Crippen molar-refractivity contribution in [2.45, 2.75) is 39.5 Å². The second kappa shape index (κ2) is 4.38. The molecule has 2 rings (SSSR count). The van der Waals surface area contributed by atoms with Gasteiger partial charge in [0.15, 0.2) is 5.65 Å². The predicted molar refractivity (Wildman–Crippen MR) is 58.8 cm³/mol. The minimum Gasteiger partial charge on any atom is -0.232 e. The van der Waals surface area contributed by atoms with Crippen LogP contribution in [0, 0.1) is 0 Å². The molecular weight excluding hydrogens is 188 g/mol. The van der Waals surface area contributed by atoms with Gasteiger partial charge in [-0.3, -0.25) is 0 Å². The summed E-state index contributed by atoms with van der Waals surface area (Å²) in [5.74, 6) is 0. The third kappa shape index (κ3) is 1.98. The SMILES string of the molecule is CCCc1cc(CCC)n2nncc2n1. The van der Waals surface area contributed by atoms with Crippen LogP contribution in [0.4, 0.5) is 0 Å².